The van der Waals surface area contributed by atoms with Crippen molar-refractivity contribution in [2.75, 3.05) is 6.61 Å². The molecule has 1 aliphatic carbocycles. The lowest BCUT2D eigenvalue weighted by molar-refractivity contribution is -0.147. The van der Waals surface area contributed by atoms with Crippen molar-refractivity contribution in [2.24, 2.45) is 5.92 Å². The van der Waals surface area contributed by atoms with Crippen LogP contribution in [0, 0.1) is 12.8 Å². The van der Waals surface area contributed by atoms with E-state index in [0.717, 1.165) is 38.1 Å². The second-order valence-electron chi connectivity index (χ2n) is 9.11. The van der Waals surface area contributed by atoms with Gasteiger partial charge in [0.05, 0.1) is 12.5 Å². The topological polar surface area (TPSA) is 49.8 Å². The van der Waals surface area contributed by atoms with E-state index >= 15 is 0 Å². The molecule has 0 spiro atoms. The fraction of sp³-hybridized carbons (Fsp3) is 0.321. The Morgan fingerprint density at radius 3 is 2.53 bits per heavy atom. The van der Waals surface area contributed by atoms with Gasteiger partial charge >= 0.3 is 5.97 Å². The number of hydrogen-bond donors (Lipinski definition) is 1. The van der Waals surface area contributed by atoms with Crippen molar-refractivity contribution in [3.8, 4) is 16.9 Å². The van der Waals surface area contributed by atoms with Crippen molar-refractivity contribution in [1.29, 1.82) is 0 Å². The summed E-state index contributed by atoms with van der Waals surface area (Å²) in [5.74, 6) is 0.104. The molecule has 1 saturated carbocycles. The minimum absolute atomic E-state index is 0.159. The monoisotopic (exact) mass is 427 g/mol. The van der Waals surface area contributed by atoms with Crippen molar-refractivity contribution in [2.45, 2.75) is 45.3 Å². The minimum Gasteiger partial charge on any atom is -0.493 e. The number of ether oxygens (including phenoxy) is 1. The van der Waals surface area contributed by atoms with Gasteiger partial charge in [0.25, 0.3) is 0 Å². The standard InChI is InChI=1S/C28H29NO3/c1-19-13-20(7-10-27(19)21-5-3-2-4-6-21)11-12-32-26-9-8-22-17-29(18-24(22)16-26)25-14-23(15-25)28(30)31/h2-10,13,16,23,25H,11-12,14-15,17-18H2,1H3,(H,30,31). The Bertz CT molecular complexity index is 1120. The molecule has 1 N–H and O–H groups in total. The predicted molar refractivity (Wildman–Crippen MR) is 126 cm³/mol. The lowest BCUT2D eigenvalue weighted by Crippen LogP contribution is -2.44. The maximum atomic E-state index is 11.1. The molecule has 5 rings (SSSR count). The van der Waals surface area contributed by atoms with Crippen molar-refractivity contribution >= 4 is 5.97 Å². The molecule has 0 radical (unpaired) electrons. The first-order valence-electron chi connectivity index (χ1n) is 11.4. The second-order valence-corrected chi connectivity index (χ2v) is 9.11. The summed E-state index contributed by atoms with van der Waals surface area (Å²) >= 11 is 0. The van der Waals surface area contributed by atoms with Crippen LogP contribution in [0.4, 0.5) is 0 Å². The largest absolute Gasteiger partial charge is 0.493 e. The van der Waals surface area contributed by atoms with Gasteiger partial charge in [-0.25, -0.2) is 0 Å². The van der Waals surface area contributed by atoms with Gasteiger partial charge in [0, 0.05) is 25.6 Å². The van der Waals surface area contributed by atoms with Crippen LogP contribution in [0.1, 0.15) is 35.1 Å². The molecule has 1 fully saturated rings. The number of fused-ring (bicyclic) bond motifs is 1. The number of aliphatic carboxylic acids is 1. The molecule has 2 aliphatic rings. The van der Waals surface area contributed by atoms with E-state index in [2.05, 4.69) is 72.5 Å². The second kappa shape index (κ2) is 8.79. The van der Waals surface area contributed by atoms with Crippen LogP contribution in [0.5, 0.6) is 5.75 Å². The number of carbonyl (C=O) groups is 1. The third kappa shape index (κ3) is 4.28. The molecule has 1 heterocycles. The SMILES string of the molecule is Cc1cc(CCOc2ccc3c(c2)CN(C2CC(C(=O)O)C2)C3)ccc1-c1ccccc1. The highest BCUT2D eigenvalue weighted by molar-refractivity contribution is 5.71. The van der Waals surface area contributed by atoms with Crippen molar-refractivity contribution in [1.82, 2.24) is 4.90 Å². The van der Waals surface area contributed by atoms with Crippen LogP contribution in [0.3, 0.4) is 0 Å². The average molecular weight is 428 g/mol. The molecule has 4 nitrogen and oxygen atoms in total. The summed E-state index contributed by atoms with van der Waals surface area (Å²) in [6.45, 7) is 4.62. The Balaban J connectivity index is 1.15. The van der Waals surface area contributed by atoms with Gasteiger partial charge in [-0.1, -0.05) is 54.6 Å². The Morgan fingerprint density at radius 2 is 1.78 bits per heavy atom. The molecule has 0 atom stereocenters. The first-order chi connectivity index (χ1) is 15.6. The highest BCUT2D eigenvalue weighted by atomic mass is 16.5. The van der Waals surface area contributed by atoms with E-state index < -0.39 is 5.97 Å². The zero-order valence-corrected chi connectivity index (χ0v) is 18.5. The van der Waals surface area contributed by atoms with Crippen molar-refractivity contribution < 1.29 is 14.6 Å². The summed E-state index contributed by atoms with van der Waals surface area (Å²) < 4.78 is 6.08. The Hall–Kier alpha value is -3.11. The molecule has 0 unspecified atom stereocenters. The first kappa shape index (κ1) is 20.8. The van der Waals surface area contributed by atoms with Crippen molar-refractivity contribution in [3.05, 3.63) is 89.0 Å². The normalized spacial score (nSPS) is 19.9. The molecule has 32 heavy (non-hydrogen) atoms. The fourth-order valence-corrected chi connectivity index (χ4v) is 4.94. The highest BCUT2D eigenvalue weighted by Gasteiger charge is 2.39. The van der Waals surface area contributed by atoms with Gasteiger partial charge in [0.2, 0.25) is 0 Å². The molecule has 3 aromatic carbocycles. The van der Waals surface area contributed by atoms with E-state index in [-0.39, 0.29) is 5.92 Å². The molecule has 4 heteroatoms. The number of carboxylic acids is 1. The maximum absolute atomic E-state index is 11.1. The van der Waals surface area contributed by atoms with Crippen LogP contribution in [0.25, 0.3) is 11.1 Å². The third-order valence-electron chi connectivity index (χ3n) is 6.94. The van der Waals surface area contributed by atoms with Gasteiger partial charge in [-0.15, -0.1) is 0 Å². The quantitative estimate of drug-likeness (QED) is 0.544. The van der Waals surface area contributed by atoms with Gasteiger partial charge in [-0.05, 0) is 65.3 Å². The number of benzene rings is 3. The van der Waals surface area contributed by atoms with Crippen LogP contribution in [-0.2, 0) is 24.3 Å². The van der Waals surface area contributed by atoms with Gasteiger partial charge in [-0.3, -0.25) is 9.69 Å². The summed E-state index contributed by atoms with van der Waals surface area (Å²) in [5.41, 5.74) is 7.74. The minimum atomic E-state index is -0.654. The molecule has 3 aromatic rings. The zero-order chi connectivity index (χ0) is 22.1. The molecule has 1 aliphatic heterocycles. The lowest BCUT2D eigenvalue weighted by atomic mass is 9.79. The highest BCUT2D eigenvalue weighted by Crippen LogP contribution is 2.37. The molecule has 0 amide bonds. The van der Waals surface area contributed by atoms with Crippen LogP contribution in [-0.4, -0.2) is 28.6 Å². The summed E-state index contributed by atoms with van der Waals surface area (Å²) in [4.78, 5) is 13.5. The summed E-state index contributed by atoms with van der Waals surface area (Å²) in [5, 5.41) is 9.11. The van der Waals surface area contributed by atoms with E-state index in [1.165, 1.54) is 33.4 Å². The maximum Gasteiger partial charge on any atom is 0.306 e. The number of rotatable bonds is 7. The molecular formula is C28H29NO3. The van der Waals surface area contributed by atoms with Gasteiger partial charge in [0.15, 0.2) is 0 Å². The van der Waals surface area contributed by atoms with Gasteiger partial charge < -0.3 is 9.84 Å². The van der Waals surface area contributed by atoms with Crippen molar-refractivity contribution in [3.63, 3.8) is 0 Å². The number of hydrogen-bond acceptors (Lipinski definition) is 3. The molecule has 0 bridgehead atoms. The van der Waals surface area contributed by atoms with Crippen LogP contribution in [0.15, 0.2) is 66.7 Å². The van der Waals surface area contributed by atoms with E-state index in [0.29, 0.717) is 12.6 Å². The molecular weight excluding hydrogens is 398 g/mol. The van der Waals surface area contributed by atoms with Crippen LogP contribution < -0.4 is 4.74 Å². The number of carboxylic acid groups (broad SMARTS) is 1. The van der Waals surface area contributed by atoms with E-state index in [1.54, 1.807) is 0 Å². The Labute approximate surface area is 189 Å². The van der Waals surface area contributed by atoms with E-state index in [1.807, 2.05) is 6.07 Å². The molecule has 164 valence electrons. The Morgan fingerprint density at radius 1 is 1.00 bits per heavy atom. The van der Waals surface area contributed by atoms with Gasteiger partial charge in [-0.2, -0.15) is 0 Å². The summed E-state index contributed by atoms with van der Waals surface area (Å²) in [7, 11) is 0. The van der Waals surface area contributed by atoms with Crippen LogP contribution in [0.2, 0.25) is 0 Å². The predicted octanol–water partition coefficient (Wildman–Crippen LogP) is 5.46. The first-order valence-corrected chi connectivity index (χ1v) is 11.4. The smallest absolute Gasteiger partial charge is 0.306 e. The fourth-order valence-electron chi connectivity index (χ4n) is 4.94. The zero-order valence-electron chi connectivity index (χ0n) is 18.5. The third-order valence-corrected chi connectivity index (χ3v) is 6.94. The van der Waals surface area contributed by atoms with Crippen LogP contribution >= 0.6 is 0 Å². The van der Waals surface area contributed by atoms with E-state index in [9.17, 15) is 4.79 Å². The molecule has 0 aromatic heterocycles. The molecule has 0 saturated heterocycles. The Kier molecular flexibility index (Phi) is 5.71. The van der Waals surface area contributed by atoms with Gasteiger partial charge in [0.1, 0.15) is 5.75 Å². The number of nitrogens with zero attached hydrogens (tertiary/aromatic N) is 1. The summed E-state index contributed by atoms with van der Waals surface area (Å²) in [6.07, 6.45) is 2.42. The lowest BCUT2D eigenvalue weighted by Gasteiger charge is -2.39. The summed E-state index contributed by atoms with van der Waals surface area (Å²) in [6, 6.07) is 23.9. The average Bonchev–Trinajstić information content (AvgIpc) is 3.16. The number of aryl methyl sites for hydroxylation is 1. The van der Waals surface area contributed by atoms with E-state index in [4.69, 9.17) is 9.84 Å².